The summed E-state index contributed by atoms with van der Waals surface area (Å²) in [4.78, 5) is 8.06. The number of rotatable bonds is 4. The van der Waals surface area contributed by atoms with Crippen molar-refractivity contribution in [3.63, 3.8) is 0 Å². The first-order valence-corrected chi connectivity index (χ1v) is 8.92. The quantitative estimate of drug-likeness (QED) is 0.783. The smallest absolute Gasteiger partial charge is 0.201 e. The van der Waals surface area contributed by atoms with Crippen molar-refractivity contribution >= 4 is 27.3 Å². The summed E-state index contributed by atoms with van der Waals surface area (Å²) in [7, 11) is 0. The largest absolute Gasteiger partial charge is 0.392 e. The van der Waals surface area contributed by atoms with E-state index in [1.165, 1.54) is 6.07 Å². The monoisotopic (exact) mass is 403 g/mol. The molecule has 3 rings (SSSR count). The van der Waals surface area contributed by atoms with Crippen LogP contribution in [0, 0.1) is 12.4 Å². The molecule has 1 aliphatic heterocycles. The summed E-state index contributed by atoms with van der Waals surface area (Å²) in [5.41, 5.74) is 2.99. The molecule has 0 saturated carbocycles. The van der Waals surface area contributed by atoms with Crippen LogP contribution in [0.3, 0.4) is 0 Å². The van der Waals surface area contributed by atoms with Gasteiger partial charge in [-0.2, -0.15) is 0 Å². The van der Waals surface area contributed by atoms with Crippen molar-refractivity contribution < 1.29 is 9.50 Å². The van der Waals surface area contributed by atoms with E-state index in [1.807, 2.05) is 24.3 Å². The number of nitrogens with zero attached hydrogens (tertiary/aromatic N) is 3. The first-order valence-electron chi connectivity index (χ1n) is 8.13. The zero-order chi connectivity index (χ0) is 17.8. The van der Waals surface area contributed by atoms with E-state index in [-0.39, 0.29) is 12.4 Å². The van der Waals surface area contributed by atoms with Crippen LogP contribution >= 0.6 is 15.9 Å². The van der Waals surface area contributed by atoms with Crippen molar-refractivity contribution in [3.05, 3.63) is 69.2 Å². The highest BCUT2D eigenvalue weighted by atomic mass is 79.9. The van der Waals surface area contributed by atoms with Crippen LogP contribution in [-0.4, -0.2) is 36.2 Å². The fraction of sp³-hybridized carbons (Fsp3) is 0.316. The van der Waals surface area contributed by atoms with Gasteiger partial charge in [0, 0.05) is 48.4 Å². The third kappa shape index (κ3) is 4.18. The number of halogens is 2. The van der Waals surface area contributed by atoms with Gasteiger partial charge in [-0.3, -0.25) is 4.90 Å². The third-order valence-corrected chi connectivity index (χ3v) is 5.12. The predicted octanol–water partition coefficient (Wildman–Crippen LogP) is 3.95. The summed E-state index contributed by atoms with van der Waals surface area (Å²) < 4.78 is 14.6. The molecule has 0 bridgehead atoms. The number of benzene rings is 2. The summed E-state index contributed by atoms with van der Waals surface area (Å²) in [5.74, 6) is -0.344. The minimum atomic E-state index is -0.344. The topological polar surface area (TPSA) is 31.1 Å². The minimum absolute atomic E-state index is 0.271. The normalized spacial score (nSPS) is 15.2. The van der Waals surface area contributed by atoms with E-state index < -0.39 is 0 Å². The maximum absolute atomic E-state index is 13.8. The summed E-state index contributed by atoms with van der Waals surface area (Å²) in [5, 5.41) is 9.05. The highest BCUT2D eigenvalue weighted by molar-refractivity contribution is 9.10. The van der Waals surface area contributed by atoms with Crippen LogP contribution in [0.25, 0.3) is 4.85 Å². The lowest BCUT2D eigenvalue weighted by Crippen LogP contribution is -2.45. The van der Waals surface area contributed by atoms with E-state index in [9.17, 15) is 4.39 Å². The molecule has 1 fully saturated rings. The molecule has 1 aliphatic rings. The Morgan fingerprint density at radius 1 is 1.12 bits per heavy atom. The van der Waals surface area contributed by atoms with Gasteiger partial charge >= 0.3 is 0 Å². The molecule has 0 spiro atoms. The van der Waals surface area contributed by atoms with Crippen molar-refractivity contribution in [1.29, 1.82) is 0 Å². The number of aliphatic hydroxyl groups is 1. The molecule has 25 heavy (non-hydrogen) atoms. The molecule has 2 aromatic carbocycles. The van der Waals surface area contributed by atoms with Gasteiger partial charge in [0.05, 0.1) is 13.2 Å². The number of hydrogen-bond donors (Lipinski definition) is 1. The van der Waals surface area contributed by atoms with Gasteiger partial charge in [0.15, 0.2) is 0 Å². The molecule has 0 aromatic heterocycles. The lowest BCUT2D eigenvalue weighted by Gasteiger charge is -2.36. The van der Waals surface area contributed by atoms with Crippen LogP contribution < -0.4 is 4.90 Å². The molecule has 0 unspecified atom stereocenters. The molecule has 6 heteroatoms. The van der Waals surface area contributed by atoms with Crippen LogP contribution in [0.5, 0.6) is 0 Å². The zero-order valence-electron chi connectivity index (χ0n) is 13.8. The number of hydrogen-bond acceptors (Lipinski definition) is 3. The second-order valence-electron chi connectivity index (χ2n) is 6.09. The Morgan fingerprint density at radius 3 is 2.48 bits per heavy atom. The van der Waals surface area contributed by atoms with Gasteiger partial charge in [-0.15, -0.1) is 0 Å². The maximum Gasteiger partial charge on any atom is 0.201 e. The Bertz CT molecular complexity index is 798. The molecule has 2 aromatic rings. The molecule has 0 atom stereocenters. The van der Waals surface area contributed by atoms with Crippen molar-refractivity contribution in [2.24, 2.45) is 0 Å². The van der Waals surface area contributed by atoms with Crippen LogP contribution in [0.1, 0.15) is 11.1 Å². The summed E-state index contributed by atoms with van der Waals surface area (Å²) in [6.45, 7) is 11.1. The Morgan fingerprint density at radius 2 is 1.88 bits per heavy atom. The Hall–Kier alpha value is -1.94. The lowest BCUT2D eigenvalue weighted by atomic mass is 10.1. The molecule has 0 aliphatic carbocycles. The number of aliphatic hydroxyl groups excluding tert-OH is 1. The SMILES string of the molecule is [C-]#[N+]c1ccc(N2CCN(Cc3ccc(CO)c(F)c3)CC2)cc1Br. The third-order valence-electron chi connectivity index (χ3n) is 4.48. The molecule has 0 amide bonds. The Labute approximate surface area is 155 Å². The minimum Gasteiger partial charge on any atom is -0.392 e. The average Bonchev–Trinajstić information content (AvgIpc) is 2.62. The molecule has 130 valence electrons. The predicted molar refractivity (Wildman–Crippen MR) is 100 cm³/mol. The van der Waals surface area contributed by atoms with Crippen LogP contribution in [0.15, 0.2) is 40.9 Å². The fourth-order valence-corrected chi connectivity index (χ4v) is 3.48. The molecule has 1 heterocycles. The van der Waals surface area contributed by atoms with E-state index in [1.54, 1.807) is 6.07 Å². The molecular weight excluding hydrogens is 385 g/mol. The first-order chi connectivity index (χ1) is 12.1. The molecule has 1 N–H and O–H groups in total. The van der Waals surface area contributed by atoms with E-state index in [0.29, 0.717) is 17.8 Å². The van der Waals surface area contributed by atoms with Gasteiger partial charge < -0.3 is 10.0 Å². The highest BCUT2D eigenvalue weighted by Crippen LogP contribution is 2.30. The van der Waals surface area contributed by atoms with E-state index >= 15 is 0 Å². The molecular formula is C19H19BrFN3O. The Kier molecular flexibility index (Phi) is 5.69. The summed E-state index contributed by atoms with van der Waals surface area (Å²) >= 11 is 3.44. The lowest BCUT2D eigenvalue weighted by molar-refractivity contribution is 0.249. The van der Waals surface area contributed by atoms with Gasteiger partial charge in [0.2, 0.25) is 5.69 Å². The van der Waals surface area contributed by atoms with Crippen LogP contribution in [0.4, 0.5) is 15.8 Å². The van der Waals surface area contributed by atoms with Crippen molar-refractivity contribution in [2.75, 3.05) is 31.1 Å². The number of anilines is 1. The van der Waals surface area contributed by atoms with E-state index in [4.69, 9.17) is 11.7 Å². The molecule has 1 saturated heterocycles. The van der Waals surface area contributed by atoms with Gasteiger partial charge in [-0.1, -0.05) is 34.1 Å². The average molecular weight is 404 g/mol. The van der Waals surface area contributed by atoms with Crippen LogP contribution in [-0.2, 0) is 13.2 Å². The molecule has 4 nitrogen and oxygen atoms in total. The first kappa shape index (κ1) is 17.9. The van der Waals surface area contributed by atoms with Crippen molar-refractivity contribution in [1.82, 2.24) is 4.90 Å². The summed E-state index contributed by atoms with van der Waals surface area (Å²) in [6.07, 6.45) is 0. The van der Waals surface area contributed by atoms with Crippen molar-refractivity contribution in [3.8, 4) is 0 Å². The second-order valence-corrected chi connectivity index (χ2v) is 6.95. The standard InChI is InChI=1S/C19H19BrFN3O/c1-22-19-5-4-16(11-17(19)20)24-8-6-23(7-9-24)12-14-2-3-15(13-25)18(21)10-14/h2-5,10-11,25H,6-9,12-13H2. The number of piperazine rings is 1. The molecule has 0 radical (unpaired) electrons. The van der Waals surface area contributed by atoms with E-state index in [2.05, 4.69) is 30.6 Å². The highest BCUT2D eigenvalue weighted by Gasteiger charge is 2.18. The Balaban J connectivity index is 1.59. The van der Waals surface area contributed by atoms with Crippen LogP contribution in [0.2, 0.25) is 0 Å². The van der Waals surface area contributed by atoms with Gasteiger partial charge in [0.1, 0.15) is 5.82 Å². The fourth-order valence-electron chi connectivity index (χ4n) is 3.02. The van der Waals surface area contributed by atoms with E-state index in [0.717, 1.165) is 41.9 Å². The van der Waals surface area contributed by atoms with Gasteiger partial charge in [-0.05, 0) is 23.8 Å². The zero-order valence-corrected chi connectivity index (χ0v) is 15.3. The van der Waals surface area contributed by atoms with Crippen molar-refractivity contribution in [2.45, 2.75) is 13.2 Å². The second kappa shape index (κ2) is 7.96. The maximum atomic E-state index is 13.8. The van der Waals surface area contributed by atoms with Gasteiger partial charge in [-0.25, -0.2) is 9.24 Å². The summed E-state index contributed by atoms with van der Waals surface area (Å²) in [6, 6.07) is 10.9. The van der Waals surface area contributed by atoms with Gasteiger partial charge in [0.25, 0.3) is 0 Å².